The first-order valence-corrected chi connectivity index (χ1v) is 8.08. The van der Waals surface area contributed by atoms with Crippen LogP contribution in [-0.4, -0.2) is 12.0 Å². The van der Waals surface area contributed by atoms with Crippen LogP contribution in [0, 0.1) is 11.3 Å². The minimum absolute atomic E-state index is 0.235. The van der Waals surface area contributed by atoms with E-state index in [4.69, 9.17) is 23.2 Å². The maximum atomic E-state index is 12.6. The van der Waals surface area contributed by atoms with Crippen LogP contribution >= 0.6 is 35.0 Å². The van der Waals surface area contributed by atoms with Crippen LogP contribution < -0.4 is 0 Å². The number of carbonyl (C=O) groups excluding carboxylic acids is 1. The number of carbonyl (C=O) groups is 1. The second-order valence-corrected chi connectivity index (χ2v) is 5.96. The van der Waals surface area contributed by atoms with E-state index in [1.807, 2.05) is 18.4 Å². The molecule has 0 saturated heterocycles. The Morgan fingerprint density at radius 2 is 1.90 bits per heavy atom. The smallest absolute Gasteiger partial charge is 0.185 e. The van der Waals surface area contributed by atoms with E-state index in [1.165, 1.54) is 11.8 Å². The van der Waals surface area contributed by atoms with Gasteiger partial charge in [-0.05, 0) is 30.0 Å². The molecule has 0 heterocycles. The van der Waals surface area contributed by atoms with Gasteiger partial charge in [-0.1, -0.05) is 47.5 Å². The Kier molecular flexibility index (Phi) is 5.30. The highest BCUT2D eigenvalue weighted by molar-refractivity contribution is 7.98. The molecule has 5 heteroatoms. The summed E-state index contributed by atoms with van der Waals surface area (Å²) >= 11 is 13.3. The molecule has 0 fully saturated rings. The third-order valence-corrected chi connectivity index (χ3v) is 4.58. The zero-order valence-corrected chi connectivity index (χ0v) is 13.5. The SMILES string of the molecule is CSc1ccccc1C(=O)C(C#N)c1ccc(Cl)c(Cl)c1. The summed E-state index contributed by atoms with van der Waals surface area (Å²) in [5.74, 6) is -1.13. The Bertz CT molecular complexity index is 724. The first-order valence-electron chi connectivity index (χ1n) is 6.10. The molecule has 106 valence electrons. The fraction of sp³-hybridized carbons (Fsp3) is 0.125. The van der Waals surface area contributed by atoms with E-state index in [2.05, 4.69) is 6.07 Å². The van der Waals surface area contributed by atoms with Gasteiger partial charge in [0.05, 0.1) is 16.1 Å². The van der Waals surface area contributed by atoms with Gasteiger partial charge in [0.2, 0.25) is 0 Å². The van der Waals surface area contributed by atoms with Crippen LogP contribution in [0.1, 0.15) is 21.8 Å². The zero-order valence-electron chi connectivity index (χ0n) is 11.1. The van der Waals surface area contributed by atoms with E-state index in [9.17, 15) is 10.1 Å². The van der Waals surface area contributed by atoms with E-state index in [0.29, 0.717) is 21.2 Å². The highest BCUT2D eigenvalue weighted by Crippen LogP contribution is 2.30. The average molecular weight is 336 g/mol. The number of hydrogen-bond donors (Lipinski definition) is 0. The molecule has 2 aromatic rings. The van der Waals surface area contributed by atoms with Gasteiger partial charge in [-0.25, -0.2) is 0 Å². The quantitative estimate of drug-likeness (QED) is 0.569. The summed E-state index contributed by atoms with van der Waals surface area (Å²) in [6.45, 7) is 0. The van der Waals surface area contributed by atoms with Crippen molar-refractivity contribution < 1.29 is 4.79 Å². The van der Waals surface area contributed by atoms with Crippen molar-refractivity contribution in [3.63, 3.8) is 0 Å². The van der Waals surface area contributed by atoms with Crippen LogP contribution in [0.5, 0.6) is 0 Å². The summed E-state index contributed by atoms with van der Waals surface area (Å²) in [6.07, 6.45) is 1.90. The van der Waals surface area contributed by atoms with Crippen molar-refractivity contribution in [3.05, 3.63) is 63.6 Å². The van der Waals surface area contributed by atoms with Crippen LogP contribution in [0.25, 0.3) is 0 Å². The predicted octanol–water partition coefficient (Wildman–Crippen LogP) is 5.21. The lowest BCUT2D eigenvalue weighted by molar-refractivity contribution is 0.0976. The van der Waals surface area contributed by atoms with Gasteiger partial charge in [-0.3, -0.25) is 4.79 Å². The molecular weight excluding hydrogens is 325 g/mol. The van der Waals surface area contributed by atoms with Gasteiger partial charge in [0.15, 0.2) is 5.78 Å². The molecule has 0 aromatic heterocycles. The maximum Gasteiger partial charge on any atom is 0.185 e. The third-order valence-electron chi connectivity index (χ3n) is 3.04. The predicted molar refractivity (Wildman–Crippen MR) is 87.4 cm³/mol. The molecule has 0 spiro atoms. The Labute approximate surface area is 137 Å². The van der Waals surface area contributed by atoms with E-state index in [0.717, 1.165) is 4.90 Å². The molecule has 0 saturated carbocycles. The monoisotopic (exact) mass is 335 g/mol. The normalized spacial score (nSPS) is 11.7. The van der Waals surface area contributed by atoms with Crippen molar-refractivity contribution in [3.8, 4) is 6.07 Å². The molecule has 1 atom stereocenters. The number of benzene rings is 2. The number of nitrogens with zero attached hydrogens (tertiary/aromatic N) is 1. The molecule has 0 amide bonds. The number of halogens is 2. The molecular formula is C16H11Cl2NOS. The minimum Gasteiger partial charge on any atom is -0.292 e. The van der Waals surface area contributed by atoms with Crippen molar-refractivity contribution in [2.75, 3.05) is 6.26 Å². The Morgan fingerprint density at radius 1 is 1.19 bits per heavy atom. The summed E-state index contributed by atoms with van der Waals surface area (Å²) in [5.41, 5.74) is 1.09. The van der Waals surface area contributed by atoms with Gasteiger partial charge < -0.3 is 0 Å². The van der Waals surface area contributed by atoms with E-state index >= 15 is 0 Å². The summed E-state index contributed by atoms with van der Waals surface area (Å²) in [4.78, 5) is 13.5. The van der Waals surface area contributed by atoms with Gasteiger partial charge in [0.25, 0.3) is 0 Å². The van der Waals surface area contributed by atoms with Crippen LogP contribution in [0.2, 0.25) is 10.0 Å². The third kappa shape index (κ3) is 3.41. The lowest BCUT2D eigenvalue weighted by Gasteiger charge is -2.12. The highest BCUT2D eigenvalue weighted by Gasteiger charge is 2.24. The molecule has 21 heavy (non-hydrogen) atoms. The lowest BCUT2D eigenvalue weighted by Crippen LogP contribution is -2.12. The number of rotatable bonds is 4. The Balaban J connectivity index is 2.44. The number of thioether (sulfide) groups is 1. The number of ketones is 1. The largest absolute Gasteiger partial charge is 0.292 e. The van der Waals surface area contributed by atoms with E-state index in [1.54, 1.807) is 30.3 Å². The molecule has 2 rings (SSSR count). The standard InChI is InChI=1S/C16H11Cl2NOS/c1-21-15-5-3-2-4-11(15)16(20)12(9-19)10-6-7-13(17)14(18)8-10/h2-8,12H,1H3. The van der Waals surface area contributed by atoms with Gasteiger partial charge in [-0.2, -0.15) is 5.26 Å². The molecule has 1 unspecified atom stereocenters. The number of nitriles is 1. The van der Waals surface area contributed by atoms with E-state index in [-0.39, 0.29) is 5.78 Å². The van der Waals surface area contributed by atoms with Crippen molar-refractivity contribution in [1.82, 2.24) is 0 Å². The zero-order chi connectivity index (χ0) is 15.4. The Morgan fingerprint density at radius 3 is 2.52 bits per heavy atom. The molecule has 2 nitrogen and oxygen atoms in total. The topological polar surface area (TPSA) is 40.9 Å². The average Bonchev–Trinajstić information content (AvgIpc) is 2.51. The maximum absolute atomic E-state index is 12.6. The first-order chi connectivity index (χ1) is 10.1. The number of Topliss-reactive ketones (excluding diaryl/α,β-unsaturated/α-hetero) is 1. The van der Waals surface area contributed by atoms with Gasteiger partial charge in [0.1, 0.15) is 5.92 Å². The summed E-state index contributed by atoms with van der Waals surface area (Å²) < 4.78 is 0. The molecule has 2 aromatic carbocycles. The molecule has 0 aliphatic rings. The number of hydrogen-bond acceptors (Lipinski definition) is 3. The van der Waals surface area contributed by atoms with Gasteiger partial charge >= 0.3 is 0 Å². The fourth-order valence-electron chi connectivity index (χ4n) is 1.98. The van der Waals surface area contributed by atoms with Crippen LogP contribution in [0.15, 0.2) is 47.4 Å². The Hall–Kier alpha value is -1.47. The van der Waals surface area contributed by atoms with Crippen molar-refractivity contribution in [1.29, 1.82) is 5.26 Å². The summed E-state index contributed by atoms with van der Waals surface area (Å²) in [5, 5.41) is 10.1. The van der Waals surface area contributed by atoms with E-state index < -0.39 is 5.92 Å². The lowest BCUT2D eigenvalue weighted by atomic mass is 9.92. The second kappa shape index (κ2) is 7.00. The molecule has 0 radical (unpaired) electrons. The van der Waals surface area contributed by atoms with Crippen LogP contribution in [0.3, 0.4) is 0 Å². The van der Waals surface area contributed by atoms with Gasteiger partial charge in [-0.15, -0.1) is 11.8 Å². The van der Waals surface area contributed by atoms with Crippen LogP contribution in [0.4, 0.5) is 0 Å². The van der Waals surface area contributed by atoms with Gasteiger partial charge in [0, 0.05) is 10.5 Å². The fourth-order valence-corrected chi connectivity index (χ4v) is 2.89. The first kappa shape index (κ1) is 15.9. The van der Waals surface area contributed by atoms with Crippen molar-refractivity contribution in [2.45, 2.75) is 10.8 Å². The highest BCUT2D eigenvalue weighted by atomic mass is 35.5. The second-order valence-electron chi connectivity index (χ2n) is 4.30. The van der Waals surface area contributed by atoms with Crippen molar-refractivity contribution >= 4 is 40.7 Å². The molecule has 0 bridgehead atoms. The summed E-state index contributed by atoms with van der Waals surface area (Å²) in [6, 6.07) is 14.1. The van der Waals surface area contributed by atoms with Crippen LogP contribution in [-0.2, 0) is 0 Å². The minimum atomic E-state index is -0.895. The van der Waals surface area contributed by atoms with Crippen molar-refractivity contribution in [2.24, 2.45) is 0 Å². The molecule has 0 N–H and O–H groups in total. The summed E-state index contributed by atoms with van der Waals surface area (Å²) in [7, 11) is 0. The molecule has 0 aliphatic carbocycles. The molecule has 0 aliphatic heterocycles.